The lowest BCUT2D eigenvalue weighted by Crippen LogP contribution is -2.13. The van der Waals surface area contributed by atoms with Gasteiger partial charge in [-0.3, -0.25) is 4.79 Å². The van der Waals surface area contributed by atoms with Crippen molar-refractivity contribution in [1.29, 1.82) is 0 Å². The number of amides is 1. The molecule has 0 saturated heterocycles. The van der Waals surface area contributed by atoms with Crippen LogP contribution in [0.4, 0.5) is 14.5 Å². The second-order valence-electron chi connectivity index (χ2n) is 4.52. The summed E-state index contributed by atoms with van der Waals surface area (Å²) in [6.45, 7) is 0. The summed E-state index contributed by atoms with van der Waals surface area (Å²) in [7, 11) is 0. The van der Waals surface area contributed by atoms with Crippen molar-refractivity contribution < 1.29 is 18.0 Å². The van der Waals surface area contributed by atoms with Crippen LogP contribution in [0.15, 0.2) is 59.5 Å². The molecule has 0 radical (unpaired) electrons. The molecule has 4 nitrogen and oxygen atoms in total. The van der Waals surface area contributed by atoms with E-state index in [0.29, 0.717) is 11.3 Å². The highest BCUT2D eigenvalue weighted by atomic mass is 19.1. The second kappa shape index (κ2) is 5.77. The molecule has 0 bridgehead atoms. The highest BCUT2D eigenvalue weighted by molar-refractivity contribution is 6.04. The average molecular weight is 300 g/mol. The van der Waals surface area contributed by atoms with Gasteiger partial charge in [0.1, 0.15) is 11.6 Å². The number of hydrogen-bond acceptors (Lipinski definition) is 3. The molecule has 0 aliphatic rings. The van der Waals surface area contributed by atoms with Crippen LogP contribution in [0, 0.1) is 11.6 Å². The zero-order valence-corrected chi connectivity index (χ0v) is 11.2. The third-order valence-electron chi connectivity index (χ3n) is 3.04. The van der Waals surface area contributed by atoms with Crippen molar-refractivity contribution in [2.24, 2.45) is 0 Å². The number of nitrogens with one attached hydrogen (secondary N) is 1. The van der Waals surface area contributed by atoms with E-state index in [2.05, 4.69) is 10.3 Å². The van der Waals surface area contributed by atoms with Crippen molar-refractivity contribution in [1.82, 2.24) is 4.98 Å². The number of aromatic nitrogens is 1. The minimum atomic E-state index is -0.701. The van der Waals surface area contributed by atoms with Crippen LogP contribution in [-0.2, 0) is 0 Å². The zero-order chi connectivity index (χ0) is 15.5. The normalized spacial score (nSPS) is 10.5. The minimum absolute atomic E-state index is 0.204. The maximum absolute atomic E-state index is 13.5. The van der Waals surface area contributed by atoms with Crippen molar-refractivity contribution in [2.45, 2.75) is 0 Å². The Morgan fingerprint density at radius 1 is 1.09 bits per heavy atom. The van der Waals surface area contributed by atoms with E-state index in [4.69, 9.17) is 4.42 Å². The van der Waals surface area contributed by atoms with Crippen molar-refractivity contribution >= 4 is 11.6 Å². The maximum Gasteiger partial charge on any atom is 0.255 e. The number of halogens is 2. The molecule has 1 heterocycles. The van der Waals surface area contributed by atoms with E-state index in [1.54, 1.807) is 30.5 Å². The lowest BCUT2D eigenvalue weighted by molar-refractivity contribution is 0.102. The monoisotopic (exact) mass is 300 g/mol. The Hall–Kier alpha value is -3.02. The van der Waals surface area contributed by atoms with Gasteiger partial charge >= 0.3 is 0 Å². The van der Waals surface area contributed by atoms with E-state index >= 15 is 0 Å². The summed E-state index contributed by atoms with van der Waals surface area (Å²) in [5.74, 6) is -1.29. The Morgan fingerprint density at radius 3 is 2.55 bits per heavy atom. The summed E-state index contributed by atoms with van der Waals surface area (Å²) in [5.41, 5.74) is 0.863. The SMILES string of the molecule is O=C(Nc1cc(F)ccc1F)c1ccc(-c2cnco2)cc1. The van der Waals surface area contributed by atoms with Crippen LogP contribution < -0.4 is 5.32 Å². The Labute approximate surface area is 124 Å². The van der Waals surface area contributed by atoms with Crippen LogP contribution in [0.3, 0.4) is 0 Å². The fourth-order valence-corrected chi connectivity index (χ4v) is 1.93. The predicted molar refractivity (Wildman–Crippen MR) is 76.3 cm³/mol. The van der Waals surface area contributed by atoms with Gasteiger partial charge in [-0.05, 0) is 24.3 Å². The van der Waals surface area contributed by atoms with Gasteiger partial charge < -0.3 is 9.73 Å². The molecule has 0 saturated carbocycles. The molecular formula is C16H10F2N2O2. The van der Waals surface area contributed by atoms with Gasteiger partial charge in [0.25, 0.3) is 5.91 Å². The summed E-state index contributed by atoms with van der Waals surface area (Å²) in [6.07, 6.45) is 2.86. The van der Waals surface area contributed by atoms with Gasteiger partial charge in [-0.1, -0.05) is 12.1 Å². The van der Waals surface area contributed by atoms with E-state index in [1.165, 1.54) is 6.39 Å². The van der Waals surface area contributed by atoms with Crippen LogP contribution in [-0.4, -0.2) is 10.9 Å². The Bertz CT molecular complexity index is 800. The Balaban J connectivity index is 1.79. The number of oxazole rings is 1. The molecule has 0 aliphatic carbocycles. The molecule has 0 spiro atoms. The van der Waals surface area contributed by atoms with Crippen molar-refractivity contribution in [3.8, 4) is 11.3 Å². The summed E-state index contributed by atoms with van der Waals surface area (Å²) in [4.78, 5) is 15.8. The van der Waals surface area contributed by atoms with E-state index in [0.717, 1.165) is 23.8 Å². The summed E-state index contributed by atoms with van der Waals surface area (Å²) < 4.78 is 31.7. The summed E-state index contributed by atoms with van der Waals surface area (Å²) >= 11 is 0. The molecule has 0 atom stereocenters. The first-order valence-electron chi connectivity index (χ1n) is 6.39. The van der Waals surface area contributed by atoms with E-state index in [-0.39, 0.29) is 5.69 Å². The number of benzene rings is 2. The van der Waals surface area contributed by atoms with Crippen molar-refractivity contribution in [3.05, 3.63) is 72.3 Å². The zero-order valence-electron chi connectivity index (χ0n) is 11.2. The van der Waals surface area contributed by atoms with Crippen molar-refractivity contribution in [2.75, 3.05) is 5.32 Å². The smallest absolute Gasteiger partial charge is 0.255 e. The molecule has 0 unspecified atom stereocenters. The van der Waals surface area contributed by atoms with Crippen LogP contribution in [0.25, 0.3) is 11.3 Å². The van der Waals surface area contributed by atoms with Gasteiger partial charge in [0.2, 0.25) is 0 Å². The number of nitrogens with zero attached hydrogens (tertiary/aromatic N) is 1. The first kappa shape index (κ1) is 13.9. The average Bonchev–Trinajstić information content (AvgIpc) is 3.05. The van der Waals surface area contributed by atoms with Crippen molar-refractivity contribution in [3.63, 3.8) is 0 Å². The second-order valence-corrected chi connectivity index (χ2v) is 4.52. The summed E-state index contributed by atoms with van der Waals surface area (Å²) in [5, 5.41) is 2.33. The van der Waals surface area contributed by atoms with Gasteiger partial charge in [0.05, 0.1) is 11.9 Å². The number of hydrogen-bond donors (Lipinski definition) is 1. The highest BCUT2D eigenvalue weighted by Crippen LogP contribution is 2.20. The lowest BCUT2D eigenvalue weighted by Gasteiger charge is -2.07. The number of carbonyl (C=O) groups is 1. The molecule has 22 heavy (non-hydrogen) atoms. The fraction of sp³-hybridized carbons (Fsp3) is 0. The number of anilines is 1. The first-order chi connectivity index (χ1) is 10.6. The van der Waals surface area contributed by atoms with Gasteiger partial charge in [0.15, 0.2) is 12.2 Å². The molecule has 1 aromatic heterocycles. The van der Waals surface area contributed by atoms with Gasteiger partial charge in [-0.2, -0.15) is 0 Å². The fourth-order valence-electron chi connectivity index (χ4n) is 1.93. The van der Waals surface area contributed by atoms with Crippen LogP contribution >= 0.6 is 0 Å². The first-order valence-corrected chi connectivity index (χ1v) is 6.39. The minimum Gasteiger partial charge on any atom is -0.444 e. The van der Waals surface area contributed by atoms with E-state index in [9.17, 15) is 13.6 Å². The Morgan fingerprint density at radius 2 is 1.86 bits per heavy atom. The molecule has 2 aromatic carbocycles. The molecule has 1 amide bonds. The number of rotatable bonds is 3. The molecule has 1 N–H and O–H groups in total. The third-order valence-corrected chi connectivity index (χ3v) is 3.04. The summed E-state index contributed by atoms with van der Waals surface area (Å²) in [6, 6.07) is 9.34. The number of carbonyl (C=O) groups excluding carboxylic acids is 1. The largest absolute Gasteiger partial charge is 0.444 e. The lowest BCUT2D eigenvalue weighted by atomic mass is 10.1. The van der Waals surface area contributed by atoms with Gasteiger partial charge in [-0.15, -0.1) is 0 Å². The van der Waals surface area contributed by atoms with Crippen LogP contribution in [0.2, 0.25) is 0 Å². The van der Waals surface area contributed by atoms with Gasteiger partial charge in [-0.25, -0.2) is 13.8 Å². The Kier molecular flexibility index (Phi) is 3.65. The van der Waals surface area contributed by atoms with Gasteiger partial charge in [0, 0.05) is 17.2 Å². The molecular weight excluding hydrogens is 290 g/mol. The molecule has 0 fully saturated rings. The molecule has 6 heteroatoms. The topological polar surface area (TPSA) is 55.1 Å². The van der Waals surface area contributed by atoms with E-state index < -0.39 is 17.5 Å². The third kappa shape index (κ3) is 2.85. The van der Waals surface area contributed by atoms with E-state index in [1.807, 2.05) is 0 Å². The molecule has 0 aliphatic heterocycles. The van der Waals surface area contributed by atoms with Crippen LogP contribution in [0.1, 0.15) is 10.4 Å². The standard InChI is InChI=1S/C16H10F2N2O2/c17-12-5-6-13(18)14(7-12)20-16(21)11-3-1-10(2-4-11)15-8-19-9-22-15/h1-9H,(H,20,21). The predicted octanol–water partition coefficient (Wildman–Crippen LogP) is 3.87. The molecule has 3 rings (SSSR count). The molecule has 110 valence electrons. The van der Waals surface area contributed by atoms with Crippen LogP contribution in [0.5, 0.6) is 0 Å². The quantitative estimate of drug-likeness (QED) is 0.798. The highest BCUT2D eigenvalue weighted by Gasteiger charge is 2.11. The maximum atomic E-state index is 13.5. The molecule has 3 aromatic rings.